The molecule has 98 valence electrons. The number of methoxy groups -OCH3 is 1. The number of hydrogen-bond donors (Lipinski definition) is 1. The highest BCUT2D eigenvalue weighted by molar-refractivity contribution is 5.44. The molecule has 2 aliphatic rings. The molecule has 1 saturated heterocycles. The van der Waals surface area contributed by atoms with Gasteiger partial charge < -0.3 is 15.4 Å². The highest BCUT2D eigenvalue weighted by atomic mass is 16.5. The van der Waals surface area contributed by atoms with Crippen LogP contribution in [0.3, 0.4) is 0 Å². The molecule has 2 N–H and O–H groups in total. The molecule has 3 rings (SSSR count). The predicted molar refractivity (Wildman–Crippen MR) is 73.0 cm³/mol. The van der Waals surface area contributed by atoms with Gasteiger partial charge in [-0.1, -0.05) is 12.1 Å². The first-order valence-corrected chi connectivity index (χ1v) is 6.91. The molecule has 0 radical (unpaired) electrons. The predicted octanol–water partition coefficient (Wildman–Crippen LogP) is 1.62. The first-order chi connectivity index (χ1) is 8.83. The lowest BCUT2D eigenvalue weighted by atomic mass is 9.77. The second-order valence-electron chi connectivity index (χ2n) is 5.48. The van der Waals surface area contributed by atoms with Crippen molar-refractivity contribution in [3.8, 4) is 5.75 Å². The lowest BCUT2D eigenvalue weighted by Crippen LogP contribution is -2.27. The summed E-state index contributed by atoms with van der Waals surface area (Å²) >= 11 is 0. The minimum absolute atomic E-state index is 0.690. The minimum atomic E-state index is 0.690. The molecule has 1 aromatic rings. The Bertz CT molecular complexity index is 433. The number of rotatable bonds is 3. The zero-order valence-corrected chi connectivity index (χ0v) is 11.1. The number of ether oxygens (including phenoxy) is 1. The molecule has 0 amide bonds. The van der Waals surface area contributed by atoms with Crippen molar-refractivity contribution >= 4 is 0 Å². The van der Waals surface area contributed by atoms with Crippen molar-refractivity contribution in [3.05, 3.63) is 29.3 Å². The largest absolute Gasteiger partial charge is 0.496 e. The van der Waals surface area contributed by atoms with Crippen molar-refractivity contribution in [2.24, 2.45) is 11.7 Å². The monoisotopic (exact) mass is 246 g/mol. The lowest BCUT2D eigenvalue weighted by Gasteiger charge is -2.28. The highest BCUT2D eigenvalue weighted by Crippen LogP contribution is 2.43. The van der Waals surface area contributed by atoms with Gasteiger partial charge in [0.25, 0.3) is 0 Å². The number of likely N-dealkylation sites (tertiary alicyclic amines) is 1. The van der Waals surface area contributed by atoms with Crippen LogP contribution in [0, 0.1) is 5.92 Å². The van der Waals surface area contributed by atoms with Crippen LogP contribution in [0.5, 0.6) is 5.75 Å². The topological polar surface area (TPSA) is 38.5 Å². The maximum absolute atomic E-state index is 5.68. The summed E-state index contributed by atoms with van der Waals surface area (Å²) in [6, 6.07) is 6.51. The molecule has 1 aromatic carbocycles. The van der Waals surface area contributed by atoms with E-state index in [1.165, 1.54) is 30.6 Å². The molecule has 0 unspecified atom stereocenters. The molecule has 0 aromatic heterocycles. The van der Waals surface area contributed by atoms with E-state index in [2.05, 4.69) is 23.1 Å². The van der Waals surface area contributed by atoms with Crippen LogP contribution in [0.15, 0.2) is 18.2 Å². The Labute approximate surface area is 109 Å². The third-order valence-corrected chi connectivity index (χ3v) is 4.52. The van der Waals surface area contributed by atoms with Crippen molar-refractivity contribution in [1.29, 1.82) is 0 Å². The van der Waals surface area contributed by atoms with Gasteiger partial charge in [-0.15, -0.1) is 0 Å². The summed E-state index contributed by atoms with van der Waals surface area (Å²) < 4.78 is 5.50. The van der Waals surface area contributed by atoms with E-state index >= 15 is 0 Å². The van der Waals surface area contributed by atoms with Crippen LogP contribution in [0.25, 0.3) is 0 Å². The third kappa shape index (κ3) is 1.91. The molecule has 0 saturated carbocycles. The van der Waals surface area contributed by atoms with Gasteiger partial charge >= 0.3 is 0 Å². The van der Waals surface area contributed by atoms with Crippen LogP contribution in [0.1, 0.15) is 23.5 Å². The summed E-state index contributed by atoms with van der Waals surface area (Å²) in [6.07, 6.45) is 2.45. The summed E-state index contributed by atoms with van der Waals surface area (Å²) in [5.41, 5.74) is 8.64. The summed E-state index contributed by atoms with van der Waals surface area (Å²) in [5, 5.41) is 0. The Kier molecular flexibility index (Phi) is 3.27. The van der Waals surface area contributed by atoms with Gasteiger partial charge in [0, 0.05) is 32.1 Å². The Morgan fingerprint density at radius 1 is 1.39 bits per heavy atom. The SMILES string of the molecule is COc1cccc2c1CC[C@H]1CN(CCN)C[C@@H]21. The summed E-state index contributed by atoms with van der Waals surface area (Å²) in [6.45, 7) is 4.19. The van der Waals surface area contributed by atoms with Crippen molar-refractivity contribution in [1.82, 2.24) is 4.90 Å². The van der Waals surface area contributed by atoms with E-state index in [-0.39, 0.29) is 0 Å². The molecule has 2 atom stereocenters. The summed E-state index contributed by atoms with van der Waals surface area (Å²) in [4.78, 5) is 2.52. The zero-order chi connectivity index (χ0) is 12.5. The molecule has 18 heavy (non-hydrogen) atoms. The molecule has 1 heterocycles. The smallest absolute Gasteiger partial charge is 0.122 e. The van der Waals surface area contributed by atoms with Crippen molar-refractivity contribution in [2.45, 2.75) is 18.8 Å². The van der Waals surface area contributed by atoms with Crippen LogP contribution in [0.2, 0.25) is 0 Å². The lowest BCUT2D eigenvalue weighted by molar-refractivity contribution is 0.329. The normalized spacial score (nSPS) is 26.8. The Morgan fingerprint density at radius 3 is 3.06 bits per heavy atom. The Balaban J connectivity index is 1.89. The van der Waals surface area contributed by atoms with Gasteiger partial charge in [-0.3, -0.25) is 0 Å². The van der Waals surface area contributed by atoms with Crippen LogP contribution < -0.4 is 10.5 Å². The van der Waals surface area contributed by atoms with Gasteiger partial charge in [0.15, 0.2) is 0 Å². The third-order valence-electron chi connectivity index (χ3n) is 4.52. The molecule has 3 heteroatoms. The van der Waals surface area contributed by atoms with Gasteiger partial charge in [-0.2, -0.15) is 0 Å². The summed E-state index contributed by atoms with van der Waals surface area (Å²) in [5.74, 6) is 2.58. The quantitative estimate of drug-likeness (QED) is 0.880. The summed E-state index contributed by atoms with van der Waals surface area (Å²) in [7, 11) is 1.77. The average Bonchev–Trinajstić information content (AvgIpc) is 2.81. The van der Waals surface area contributed by atoms with E-state index < -0.39 is 0 Å². The number of hydrogen-bond acceptors (Lipinski definition) is 3. The minimum Gasteiger partial charge on any atom is -0.496 e. The van der Waals surface area contributed by atoms with Crippen LogP contribution in [-0.2, 0) is 6.42 Å². The Hall–Kier alpha value is -1.06. The van der Waals surface area contributed by atoms with Gasteiger partial charge in [0.05, 0.1) is 7.11 Å². The van der Waals surface area contributed by atoms with Gasteiger partial charge in [0.1, 0.15) is 5.75 Å². The number of benzene rings is 1. The molecule has 0 spiro atoms. The van der Waals surface area contributed by atoms with Crippen LogP contribution in [-0.4, -0.2) is 38.2 Å². The fourth-order valence-electron chi connectivity index (χ4n) is 3.69. The van der Waals surface area contributed by atoms with Crippen LogP contribution in [0.4, 0.5) is 0 Å². The van der Waals surface area contributed by atoms with Crippen molar-refractivity contribution in [3.63, 3.8) is 0 Å². The van der Waals surface area contributed by atoms with Crippen molar-refractivity contribution < 1.29 is 4.74 Å². The highest BCUT2D eigenvalue weighted by Gasteiger charge is 2.37. The molecular weight excluding hydrogens is 224 g/mol. The Morgan fingerprint density at radius 2 is 2.28 bits per heavy atom. The fraction of sp³-hybridized carbons (Fsp3) is 0.600. The fourth-order valence-corrected chi connectivity index (χ4v) is 3.69. The number of nitrogens with two attached hydrogens (primary N) is 1. The maximum atomic E-state index is 5.68. The number of fused-ring (bicyclic) bond motifs is 3. The van der Waals surface area contributed by atoms with Gasteiger partial charge in [-0.25, -0.2) is 0 Å². The standard InChI is InChI=1S/C15H22N2O/c1-18-15-4-2-3-12-13(15)6-5-11-9-17(8-7-16)10-14(11)12/h2-4,11,14H,5-10,16H2,1H3/t11-,14+/m0/s1. The molecule has 1 fully saturated rings. The van der Waals surface area contributed by atoms with Crippen molar-refractivity contribution in [2.75, 3.05) is 33.3 Å². The van der Waals surface area contributed by atoms with E-state index in [1.54, 1.807) is 7.11 Å². The second-order valence-corrected chi connectivity index (χ2v) is 5.48. The van der Waals surface area contributed by atoms with E-state index in [9.17, 15) is 0 Å². The first kappa shape index (κ1) is 12.0. The maximum Gasteiger partial charge on any atom is 0.122 e. The molecule has 3 nitrogen and oxygen atoms in total. The van der Waals surface area contributed by atoms with E-state index in [0.29, 0.717) is 5.92 Å². The zero-order valence-electron chi connectivity index (χ0n) is 11.1. The number of nitrogens with zero attached hydrogens (tertiary/aromatic N) is 1. The van der Waals surface area contributed by atoms with E-state index in [1.807, 2.05) is 0 Å². The molecule has 1 aliphatic carbocycles. The van der Waals surface area contributed by atoms with Crippen LogP contribution >= 0.6 is 0 Å². The van der Waals surface area contributed by atoms with E-state index in [4.69, 9.17) is 10.5 Å². The molecule has 0 bridgehead atoms. The van der Waals surface area contributed by atoms with Gasteiger partial charge in [-0.05, 0) is 36.0 Å². The second kappa shape index (κ2) is 4.90. The first-order valence-electron chi connectivity index (χ1n) is 6.91. The van der Waals surface area contributed by atoms with Gasteiger partial charge in [0.2, 0.25) is 0 Å². The molecular formula is C15H22N2O. The van der Waals surface area contributed by atoms with E-state index in [0.717, 1.165) is 31.2 Å². The average molecular weight is 246 g/mol. The molecule has 1 aliphatic heterocycles.